The number of benzene rings is 1. The number of amides is 1. The molecular formula is C15H15BrN2O2. The average Bonchev–Trinajstić information content (AvgIpc) is 2.53. The van der Waals surface area contributed by atoms with Gasteiger partial charge in [0.05, 0.1) is 19.3 Å². The highest BCUT2D eigenvalue weighted by atomic mass is 79.9. The fourth-order valence-electron chi connectivity index (χ4n) is 2.48. The number of aromatic nitrogens is 1. The molecule has 0 bridgehead atoms. The number of hydrogen-bond acceptors (Lipinski definition) is 3. The molecule has 1 aromatic carbocycles. The van der Waals surface area contributed by atoms with E-state index in [2.05, 4.69) is 20.9 Å². The molecule has 0 saturated carbocycles. The van der Waals surface area contributed by atoms with E-state index in [4.69, 9.17) is 4.74 Å². The largest absolute Gasteiger partial charge is 0.377 e. The predicted molar refractivity (Wildman–Crippen MR) is 81.2 cm³/mol. The summed E-state index contributed by atoms with van der Waals surface area (Å²) in [7, 11) is 0. The van der Waals surface area contributed by atoms with Crippen molar-refractivity contribution in [3.63, 3.8) is 0 Å². The lowest BCUT2D eigenvalue weighted by atomic mass is 10.1. The van der Waals surface area contributed by atoms with Crippen LogP contribution in [0.15, 0.2) is 36.5 Å². The second-order valence-corrected chi connectivity index (χ2v) is 5.41. The Morgan fingerprint density at radius 1 is 1.40 bits per heavy atom. The fourth-order valence-corrected chi connectivity index (χ4v) is 3.01. The van der Waals surface area contributed by atoms with Gasteiger partial charge in [0.25, 0.3) is 5.91 Å². The normalized spacial score (nSPS) is 19.2. The molecule has 104 valence electrons. The zero-order valence-corrected chi connectivity index (χ0v) is 12.5. The predicted octanol–water partition coefficient (Wildman–Crippen LogP) is 2.47. The van der Waals surface area contributed by atoms with E-state index in [1.807, 2.05) is 35.2 Å². The lowest BCUT2D eigenvalue weighted by Gasteiger charge is -2.34. The Kier molecular flexibility index (Phi) is 3.98. The zero-order chi connectivity index (χ0) is 13.9. The first-order chi connectivity index (χ1) is 9.81. The second kappa shape index (κ2) is 5.89. The quantitative estimate of drug-likeness (QED) is 0.792. The summed E-state index contributed by atoms with van der Waals surface area (Å²) in [6.45, 7) is 1.77. The molecule has 5 heteroatoms. The minimum absolute atomic E-state index is 0.0189. The summed E-state index contributed by atoms with van der Waals surface area (Å²) in [5, 5.41) is 2.65. The number of fused-ring (bicyclic) bond motifs is 1. The van der Waals surface area contributed by atoms with E-state index in [-0.39, 0.29) is 11.9 Å². The highest BCUT2D eigenvalue weighted by Crippen LogP contribution is 2.20. The van der Waals surface area contributed by atoms with Gasteiger partial charge in [-0.15, -0.1) is 0 Å². The maximum atomic E-state index is 12.8. The first-order valence-electron chi connectivity index (χ1n) is 6.59. The Hall–Kier alpha value is -1.46. The van der Waals surface area contributed by atoms with Crippen LogP contribution in [0.25, 0.3) is 10.8 Å². The van der Waals surface area contributed by atoms with Gasteiger partial charge in [-0.05, 0) is 11.5 Å². The molecule has 1 fully saturated rings. The van der Waals surface area contributed by atoms with Crippen molar-refractivity contribution in [3.05, 3.63) is 42.2 Å². The molecule has 0 N–H and O–H groups in total. The van der Waals surface area contributed by atoms with Gasteiger partial charge in [-0.3, -0.25) is 9.78 Å². The van der Waals surface area contributed by atoms with Crippen molar-refractivity contribution in [2.45, 2.75) is 6.04 Å². The van der Waals surface area contributed by atoms with Gasteiger partial charge in [0.15, 0.2) is 0 Å². The first kappa shape index (κ1) is 13.5. The van der Waals surface area contributed by atoms with Gasteiger partial charge < -0.3 is 9.64 Å². The minimum Gasteiger partial charge on any atom is -0.377 e. The van der Waals surface area contributed by atoms with Crippen LogP contribution >= 0.6 is 15.9 Å². The summed E-state index contributed by atoms with van der Waals surface area (Å²) in [6, 6.07) is 9.83. The maximum absolute atomic E-state index is 12.8. The number of carbonyl (C=O) groups excluding carboxylic acids is 1. The average molecular weight is 335 g/mol. The van der Waals surface area contributed by atoms with E-state index in [0.717, 1.165) is 10.8 Å². The Balaban J connectivity index is 1.99. The molecule has 1 aliphatic rings. The third-order valence-electron chi connectivity index (χ3n) is 3.54. The van der Waals surface area contributed by atoms with E-state index in [1.165, 1.54) is 0 Å². The van der Waals surface area contributed by atoms with Gasteiger partial charge >= 0.3 is 0 Å². The van der Waals surface area contributed by atoms with Crippen LogP contribution in [0.3, 0.4) is 0 Å². The number of hydrogen-bond donors (Lipinski definition) is 0. The topological polar surface area (TPSA) is 42.4 Å². The molecule has 0 spiro atoms. The fraction of sp³-hybridized carbons (Fsp3) is 0.333. The van der Waals surface area contributed by atoms with Crippen molar-refractivity contribution in [2.75, 3.05) is 25.1 Å². The SMILES string of the molecule is O=C(c1nccc2ccccc12)N1CCOCC1CBr. The summed E-state index contributed by atoms with van der Waals surface area (Å²) < 4.78 is 5.43. The highest BCUT2D eigenvalue weighted by molar-refractivity contribution is 9.09. The highest BCUT2D eigenvalue weighted by Gasteiger charge is 2.28. The van der Waals surface area contributed by atoms with E-state index in [0.29, 0.717) is 30.8 Å². The van der Waals surface area contributed by atoms with Crippen molar-refractivity contribution < 1.29 is 9.53 Å². The Morgan fingerprint density at radius 2 is 2.25 bits per heavy atom. The maximum Gasteiger partial charge on any atom is 0.273 e. The Labute approximate surface area is 125 Å². The summed E-state index contributed by atoms with van der Waals surface area (Å²) >= 11 is 3.45. The third kappa shape index (κ3) is 2.43. The molecule has 1 aliphatic heterocycles. The molecule has 1 saturated heterocycles. The standard InChI is InChI=1S/C15H15BrN2O2/c16-9-12-10-20-8-7-18(12)15(19)14-13-4-2-1-3-11(13)5-6-17-14/h1-6,12H,7-10H2. The number of nitrogens with zero attached hydrogens (tertiary/aromatic N) is 2. The minimum atomic E-state index is -0.0189. The van der Waals surface area contributed by atoms with Gasteiger partial charge in [0.1, 0.15) is 5.69 Å². The van der Waals surface area contributed by atoms with E-state index >= 15 is 0 Å². The van der Waals surface area contributed by atoms with E-state index in [1.54, 1.807) is 6.20 Å². The Morgan fingerprint density at radius 3 is 3.10 bits per heavy atom. The molecule has 1 amide bonds. The summed E-state index contributed by atoms with van der Waals surface area (Å²) in [6.07, 6.45) is 1.69. The van der Waals surface area contributed by atoms with Crippen LogP contribution in [0.5, 0.6) is 0 Å². The second-order valence-electron chi connectivity index (χ2n) is 4.76. The van der Waals surface area contributed by atoms with Gasteiger partial charge in [0, 0.05) is 23.5 Å². The number of alkyl halides is 1. The molecule has 0 radical (unpaired) electrons. The van der Waals surface area contributed by atoms with Gasteiger partial charge in [-0.2, -0.15) is 0 Å². The molecular weight excluding hydrogens is 320 g/mol. The van der Waals surface area contributed by atoms with Crippen molar-refractivity contribution in [2.24, 2.45) is 0 Å². The van der Waals surface area contributed by atoms with E-state index < -0.39 is 0 Å². The molecule has 20 heavy (non-hydrogen) atoms. The summed E-state index contributed by atoms with van der Waals surface area (Å²) in [5.41, 5.74) is 0.524. The zero-order valence-electron chi connectivity index (χ0n) is 11.0. The molecule has 0 aliphatic carbocycles. The first-order valence-corrected chi connectivity index (χ1v) is 7.72. The van der Waals surface area contributed by atoms with Crippen LogP contribution in [0.2, 0.25) is 0 Å². The van der Waals surface area contributed by atoms with Crippen LogP contribution in [0.1, 0.15) is 10.5 Å². The number of ether oxygens (including phenoxy) is 1. The van der Waals surface area contributed by atoms with Crippen LogP contribution < -0.4 is 0 Å². The summed E-state index contributed by atoms with van der Waals surface area (Å²) in [5.74, 6) is -0.0189. The third-order valence-corrected chi connectivity index (χ3v) is 4.29. The number of pyridine rings is 1. The molecule has 2 aromatic rings. The number of carbonyl (C=O) groups is 1. The lowest BCUT2D eigenvalue weighted by Crippen LogP contribution is -2.49. The monoisotopic (exact) mass is 334 g/mol. The smallest absolute Gasteiger partial charge is 0.273 e. The van der Waals surface area contributed by atoms with E-state index in [9.17, 15) is 4.79 Å². The molecule has 1 atom stereocenters. The van der Waals surface area contributed by atoms with Gasteiger partial charge in [0.2, 0.25) is 0 Å². The van der Waals surface area contributed by atoms with Crippen molar-refractivity contribution >= 4 is 32.6 Å². The Bertz CT molecular complexity index is 627. The number of halogens is 1. The summed E-state index contributed by atoms with van der Waals surface area (Å²) in [4.78, 5) is 18.9. The van der Waals surface area contributed by atoms with Crippen LogP contribution in [0, 0.1) is 0 Å². The van der Waals surface area contributed by atoms with Crippen LogP contribution in [0.4, 0.5) is 0 Å². The number of rotatable bonds is 2. The van der Waals surface area contributed by atoms with Gasteiger partial charge in [-0.1, -0.05) is 40.2 Å². The molecule has 3 rings (SSSR count). The van der Waals surface area contributed by atoms with Crippen LogP contribution in [-0.4, -0.2) is 46.9 Å². The molecule has 4 nitrogen and oxygen atoms in total. The van der Waals surface area contributed by atoms with Crippen molar-refractivity contribution in [1.29, 1.82) is 0 Å². The van der Waals surface area contributed by atoms with Gasteiger partial charge in [-0.25, -0.2) is 0 Å². The molecule has 1 aromatic heterocycles. The van der Waals surface area contributed by atoms with Crippen molar-refractivity contribution in [1.82, 2.24) is 9.88 Å². The number of morpholine rings is 1. The molecule has 2 heterocycles. The van der Waals surface area contributed by atoms with Crippen molar-refractivity contribution in [3.8, 4) is 0 Å². The van der Waals surface area contributed by atoms with Crippen LogP contribution in [-0.2, 0) is 4.74 Å². The lowest BCUT2D eigenvalue weighted by molar-refractivity contribution is 0.00504. The molecule has 1 unspecified atom stereocenters.